The van der Waals surface area contributed by atoms with Gasteiger partial charge in [-0.25, -0.2) is 0 Å². The van der Waals surface area contributed by atoms with Crippen molar-refractivity contribution >= 4 is 11.8 Å². The Kier molecular flexibility index (Phi) is 6.02. The van der Waals surface area contributed by atoms with Gasteiger partial charge in [0.2, 0.25) is 5.91 Å². The van der Waals surface area contributed by atoms with Crippen LogP contribution in [0.25, 0.3) is 0 Å². The van der Waals surface area contributed by atoms with Crippen LogP contribution in [0.1, 0.15) is 36.1 Å². The highest BCUT2D eigenvalue weighted by molar-refractivity contribution is 5.90. The van der Waals surface area contributed by atoms with Crippen LogP contribution in [0.5, 0.6) is 0 Å². The molecule has 0 saturated carbocycles. The predicted octanol–water partition coefficient (Wildman–Crippen LogP) is 1.06. The maximum atomic E-state index is 12.8. The average molecular weight is 352 g/mol. The van der Waals surface area contributed by atoms with Crippen molar-refractivity contribution in [3.05, 3.63) is 71.3 Å². The lowest BCUT2D eigenvalue weighted by Crippen LogP contribution is -2.93. The minimum Gasteiger partial charge on any atom is -0.354 e. The first-order chi connectivity index (χ1) is 12.7. The molecule has 0 radical (unpaired) electrons. The maximum Gasteiger partial charge on any atom is 0.279 e. The van der Waals surface area contributed by atoms with Crippen LogP contribution in [-0.2, 0) is 22.6 Å². The number of carbonyl (C=O) groups excluding carboxylic acids is 2. The van der Waals surface area contributed by atoms with Gasteiger partial charge < -0.3 is 16.0 Å². The zero-order valence-electron chi connectivity index (χ0n) is 15.1. The second kappa shape index (κ2) is 8.63. The van der Waals surface area contributed by atoms with Crippen LogP contribution >= 0.6 is 0 Å². The van der Waals surface area contributed by atoms with Gasteiger partial charge in [-0.05, 0) is 17.5 Å². The molecule has 2 aromatic carbocycles. The molecule has 5 heteroatoms. The molecular weight excluding hydrogens is 326 g/mol. The number of nitrogens with two attached hydrogens (primary N) is 1. The Balaban J connectivity index is 1.72. The van der Waals surface area contributed by atoms with Gasteiger partial charge in [0.25, 0.3) is 5.91 Å². The number of rotatable bonds is 6. The number of hydrogen-bond acceptors (Lipinski definition) is 2. The number of amides is 2. The molecule has 136 valence electrons. The maximum absolute atomic E-state index is 12.8. The zero-order chi connectivity index (χ0) is 18.4. The summed E-state index contributed by atoms with van der Waals surface area (Å²) in [6.45, 7) is 3.39. The SMILES string of the molecule is CCCNC(=O)[C@H](NC(=O)[C@@H]1Cc2ccccc2C[NH2+]1)c1ccccc1. The Morgan fingerprint density at radius 3 is 2.50 bits per heavy atom. The van der Waals surface area contributed by atoms with E-state index in [4.69, 9.17) is 0 Å². The van der Waals surface area contributed by atoms with E-state index in [9.17, 15) is 9.59 Å². The number of fused-ring (bicyclic) bond motifs is 1. The fraction of sp³-hybridized carbons (Fsp3) is 0.333. The largest absolute Gasteiger partial charge is 0.354 e. The Labute approximate surface area is 154 Å². The second-order valence-electron chi connectivity index (χ2n) is 6.66. The van der Waals surface area contributed by atoms with Crippen molar-refractivity contribution in [2.24, 2.45) is 0 Å². The van der Waals surface area contributed by atoms with Gasteiger partial charge in [0.1, 0.15) is 12.6 Å². The molecule has 2 aromatic rings. The van der Waals surface area contributed by atoms with E-state index in [2.05, 4.69) is 22.8 Å². The monoisotopic (exact) mass is 352 g/mol. The van der Waals surface area contributed by atoms with E-state index >= 15 is 0 Å². The zero-order valence-corrected chi connectivity index (χ0v) is 15.1. The lowest BCUT2D eigenvalue weighted by Gasteiger charge is -2.25. The molecule has 4 N–H and O–H groups in total. The number of nitrogens with one attached hydrogen (secondary N) is 2. The third-order valence-corrected chi connectivity index (χ3v) is 4.75. The van der Waals surface area contributed by atoms with Crippen molar-refractivity contribution < 1.29 is 14.9 Å². The van der Waals surface area contributed by atoms with E-state index in [-0.39, 0.29) is 17.9 Å². The average Bonchev–Trinajstić information content (AvgIpc) is 2.70. The highest BCUT2D eigenvalue weighted by Gasteiger charge is 2.31. The summed E-state index contributed by atoms with van der Waals surface area (Å²) in [5.74, 6) is -0.261. The van der Waals surface area contributed by atoms with E-state index < -0.39 is 6.04 Å². The van der Waals surface area contributed by atoms with Gasteiger partial charge in [-0.1, -0.05) is 61.5 Å². The molecular formula is C21H26N3O2+. The van der Waals surface area contributed by atoms with Crippen molar-refractivity contribution in [3.8, 4) is 0 Å². The van der Waals surface area contributed by atoms with Crippen molar-refractivity contribution in [1.29, 1.82) is 0 Å². The van der Waals surface area contributed by atoms with Crippen LogP contribution in [0.4, 0.5) is 0 Å². The van der Waals surface area contributed by atoms with Gasteiger partial charge in [-0.2, -0.15) is 0 Å². The molecule has 0 fully saturated rings. The van der Waals surface area contributed by atoms with E-state index in [1.807, 2.05) is 54.7 Å². The number of benzene rings is 2. The molecule has 0 bridgehead atoms. The molecule has 1 aliphatic rings. The third kappa shape index (κ3) is 4.29. The summed E-state index contributed by atoms with van der Waals surface area (Å²) in [5, 5.41) is 7.90. The number of hydrogen-bond donors (Lipinski definition) is 3. The van der Waals surface area contributed by atoms with Gasteiger partial charge in [0.05, 0.1) is 0 Å². The Bertz CT molecular complexity index is 761. The molecule has 1 heterocycles. The Morgan fingerprint density at radius 2 is 1.77 bits per heavy atom. The van der Waals surface area contributed by atoms with Crippen molar-refractivity contribution in [2.75, 3.05) is 6.54 Å². The second-order valence-corrected chi connectivity index (χ2v) is 6.66. The van der Waals surface area contributed by atoms with Crippen molar-refractivity contribution in [3.63, 3.8) is 0 Å². The summed E-state index contributed by atoms with van der Waals surface area (Å²) >= 11 is 0. The molecule has 3 rings (SSSR count). The van der Waals surface area contributed by atoms with Crippen LogP contribution in [0.15, 0.2) is 54.6 Å². The molecule has 5 nitrogen and oxygen atoms in total. The topological polar surface area (TPSA) is 74.8 Å². The van der Waals surface area contributed by atoms with E-state index in [0.717, 1.165) is 18.5 Å². The van der Waals surface area contributed by atoms with Crippen LogP contribution in [-0.4, -0.2) is 24.4 Å². The minimum atomic E-state index is -0.666. The summed E-state index contributed by atoms with van der Waals surface area (Å²) in [6, 6.07) is 16.7. The highest BCUT2D eigenvalue weighted by Crippen LogP contribution is 2.16. The molecule has 2 atom stereocenters. The van der Waals surface area contributed by atoms with Gasteiger partial charge in [0, 0.05) is 18.5 Å². The fourth-order valence-corrected chi connectivity index (χ4v) is 3.29. The van der Waals surface area contributed by atoms with Gasteiger partial charge in [-0.15, -0.1) is 0 Å². The summed E-state index contributed by atoms with van der Waals surface area (Å²) in [4.78, 5) is 25.4. The van der Waals surface area contributed by atoms with E-state index in [1.54, 1.807) is 0 Å². The van der Waals surface area contributed by atoms with Crippen LogP contribution in [0.3, 0.4) is 0 Å². The first-order valence-electron chi connectivity index (χ1n) is 9.22. The first kappa shape index (κ1) is 18.1. The molecule has 2 amide bonds. The van der Waals surface area contributed by atoms with Crippen LogP contribution < -0.4 is 16.0 Å². The summed E-state index contributed by atoms with van der Waals surface area (Å²) in [7, 11) is 0. The lowest BCUT2D eigenvalue weighted by atomic mass is 9.95. The Hall–Kier alpha value is -2.66. The van der Waals surface area contributed by atoms with Crippen molar-refractivity contribution in [2.45, 2.75) is 38.4 Å². The highest BCUT2D eigenvalue weighted by atomic mass is 16.2. The smallest absolute Gasteiger partial charge is 0.279 e. The van der Waals surface area contributed by atoms with E-state index in [1.165, 1.54) is 11.1 Å². The Morgan fingerprint density at radius 1 is 1.08 bits per heavy atom. The summed E-state index contributed by atoms with van der Waals surface area (Å²) < 4.78 is 0. The standard InChI is InChI=1S/C21H25N3O2/c1-2-12-22-21(26)19(15-8-4-3-5-9-15)24-20(25)18-13-16-10-6-7-11-17(16)14-23-18/h3-11,18-19,23H,2,12-14H2,1H3,(H,22,26)(H,24,25)/p+1/t18-,19+/m0/s1. The first-order valence-corrected chi connectivity index (χ1v) is 9.22. The molecule has 26 heavy (non-hydrogen) atoms. The molecule has 0 unspecified atom stereocenters. The number of quaternary nitrogens is 1. The van der Waals surface area contributed by atoms with Crippen molar-refractivity contribution in [1.82, 2.24) is 10.6 Å². The lowest BCUT2D eigenvalue weighted by molar-refractivity contribution is -0.695. The third-order valence-electron chi connectivity index (χ3n) is 4.75. The number of carbonyl (C=O) groups is 2. The van der Waals surface area contributed by atoms with Gasteiger partial charge >= 0.3 is 0 Å². The molecule has 0 saturated heterocycles. The van der Waals surface area contributed by atoms with Crippen LogP contribution in [0, 0.1) is 0 Å². The quantitative estimate of drug-likeness (QED) is 0.727. The minimum absolute atomic E-state index is 0.0972. The normalized spacial score (nSPS) is 17.0. The van der Waals surface area contributed by atoms with Gasteiger partial charge in [0.15, 0.2) is 6.04 Å². The van der Waals surface area contributed by atoms with Crippen LogP contribution in [0.2, 0.25) is 0 Å². The molecule has 1 aliphatic heterocycles. The molecule has 0 spiro atoms. The fourth-order valence-electron chi connectivity index (χ4n) is 3.29. The summed E-state index contributed by atoms with van der Waals surface area (Å²) in [5.41, 5.74) is 3.28. The molecule has 0 aromatic heterocycles. The predicted molar refractivity (Wildman–Crippen MR) is 100 cm³/mol. The van der Waals surface area contributed by atoms with E-state index in [0.29, 0.717) is 13.0 Å². The van der Waals surface area contributed by atoms with Gasteiger partial charge in [-0.3, -0.25) is 9.59 Å². The summed E-state index contributed by atoms with van der Waals surface area (Å²) in [6.07, 6.45) is 1.54. The molecule has 0 aliphatic carbocycles.